The number of aliphatic hydroxyl groups is 3. The molecule has 7 atom stereocenters. The lowest BCUT2D eigenvalue weighted by atomic mass is 9.46. The maximum Gasteiger partial charge on any atom is 0.220 e. The van der Waals surface area contributed by atoms with Crippen molar-refractivity contribution >= 4 is 5.91 Å². The first kappa shape index (κ1) is 21.3. The molecule has 156 valence electrons. The van der Waals surface area contributed by atoms with Gasteiger partial charge in [0, 0.05) is 11.8 Å². The Kier molecular flexibility index (Phi) is 6.18. The summed E-state index contributed by atoms with van der Waals surface area (Å²) in [5.74, 6) is -0.145. The number of nitrogens with one attached hydrogen (secondary N) is 1. The molecule has 0 aliphatic heterocycles. The van der Waals surface area contributed by atoms with Gasteiger partial charge in [-0.2, -0.15) is 0 Å². The van der Waals surface area contributed by atoms with E-state index in [0.717, 1.165) is 18.4 Å². The highest BCUT2D eigenvalue weighted by molar-refractivity contribution is 5.76. The minimum absolute atomic E-state index is 0.0564. The van der Waals surface area contributed by atoms with Crippen LogP contribution in [0.15, 0.2) is 30.3 Å². The third-order valence-electron chi connectivity index (χ3n) is 7.80. The Hall–Kier alpha value is -1.43. The largest absolute Gasteiger partial charge is 0.396 e. The van der Waals surface area contributed by atoms with Crippen LogP contribution in [0.3, 0.4) is 0 Å². The Labute approximate surface area is 168 Å². The predicted molar refractivity (Wildman–Crippen MR) is 108 cm³/mol. The van der Waals surface area contributed by atoms with E-state index in [9.17, 15) is 20.1 Å². The van der Waals surface area contributed by atoms with Gasteiger partial charge in [-0.3, -0.25) is 4.79 Å². The first-order chi connectivity index (χ1) is 13.2. The molecule has 0 bridgehead atoms. The SMILES string of the molecule is CC(NC(=O)CC1C(O)CCC2C(C)(CO)C(O)CCC12C)c1ccccc1. The van der Waals surface area contributed by atoms with Crippen molar-refractivity contribution in [3.05, 3.63) is 35.9 Å². The van der Waals surface area contributed by atoms with E-state index < -0.39 is 17.6 Å². The molecule has 0 saturated heterocycles. The molecule has 1 amide bonds. The molecular formula is C23H35NO4. The van der Waals surface area contributed by atoms with Crippen LogP contribution in [-0.4, -0.2) is 40.0 Å². The Bertz CT molecular complexity index is 680. The van der Waals surface area contributed by atoms with Gasteiger partial charge >= 0.3 is 0 Å². The summed E-state index contributed by atoms with van der Waals surface area (Å²) < 4.78 is 0. The number of fused-ring (bicyclic) bond motifs is 1. The normalized spacial score (nSPS) is 39.1. The van der Waals surface area contributed by atoms with Gasteiger partial charge in [0.15, 0.2) is 0 Å². The molecule has 0 spiro atoms. The zero-order chi connectivity index (χ0) is 20.5. The van der Waals surface area contributed by atoms with E-state index in [0.29, 0.717) is 12.8 Å². The molecule has 2 fully saturated rings. The fourth-order valence-electron chi connectivity index (χ4n) is 5.93. The van der Waals surface area contributed by atoms with Gasteiger partial charge in [-0.25, -0.2) is 0 Å². The first-order valence-corrected chi connectivity index (χ1v) is 10.5. The molecule has 7 unspecified atom stereocenters. The van der Waals surface area contributed by atoms with E-state index >= 15 is 0 Å². The van der Waals surface area contributed by atoms with Gasteiger partial charge in [0.25, 0.3) is 0 Å². The first-order valence-electron chi connectivity index (χ1n) is 10.5. The molecule has 0 aromatic heterocycles. The van der Waals surface area contributed by atoms with E-state index in [4.69, 9.17) is 0 Å². The van der Waals surface area contributed by atoms with Crippen LogP contribution in [0, 0.1) is 22.7 Å². The average Bonchev–Trinajstić information content (AvgIpc) is 2.68. The van der Waals surface area contributed by atoms with Crippen LogP contribution in [-0.2, 0) is 4.79 Å². The summed E-state index contributed by atoms with van der Waals surface area (Å²) in [7, 11) is 0. The quantitative estimate of drug-likeness (QED) is 0.623. The van der Waals surface area contributed by atoms with Crippen molar-refractivity contribution in [2.24, 2.45) is 22.7 Å². The standard InChI is InChI=1S/C23H35NO4/c1-15(16-7-5-4-6-8-16)24-21(28)13-17-18(26)9-10-19-22(17,2)12-11-20(27)23(19,3)14-25/h4-8,15,17-20,25-27H,9-14H2,1-3H3,(H,24,28). The number of hydrogen-bond acceptors (Lipinski definition) is 4. The van der Waals surface area contributed by atoms with E-state index in [-0.39, 0.29) is 42.2 Å². The van der Waals surface area contributed by atoms with Gasteiger partial charge in [0.05, 0.1) is 24.9 Å². The Morgan fingerprint density at radius 1 is 1.18 bits per heavy atom. The van der Waals surface area contributed by atoms with Gasteiger partial charge in [-0.05, 0) is 55.4 Å². The highest BCUT2D eigenvalue weighted by Gasteiger charge is 2.59. The van der Waals surface area contributed by atoms with Crippen LogP contribution in [0.5, 0.6) is 0 Å². The Morgan fingerprint density at radius 3 is 2.50 bits per heavy atom. The molecule has 2 saturated carbocycles. The summed E-state index contributed by atoms with van der Waals surface area (Å²) in [6.07, 6.45) is 1.92. The number of carbonyl (C=O) groups excluding carboxylic acids is 1. The average molecular weight is 390 g/mol. The molecule has 0 radical (unpaired) electrons. The van der Waals surface area contributed by atoms with Crippen molar-refractivity contribution in [1.82, 2.24) is 5.32 Å². The van der Waals surface area contributed by atoms with Gasteiger partial charge in [0.1, 0.15) is 0 Å². The van der Waals surface area contributed by atoms with Gasteiger partial charge in [0.2, 0.25) is 5.91 Å². The third kappa shape index (κ3) is 3.72. The second-order valence-electron chi connectivity index (χ2n) is 9.43. The van der Waals surface area contributed by atoms with E-state index in [2.05, 4.69) is 12.2 Å². The van der Waals surface area contributed by atoms with E-state index in [1.807, 2.05) is 44.2 Å². The monoisotopic (exact) mass is 389 g/mol. The summed E-state index contributed by atoms with van der Waals surface area (Å²) in [6, 6.07) is 9.76. The minimum atomic E-state index is -0.584. The fourth-order valence-corrected chi connectivity index (χ4v) is 5.93. The molecule has 2 aliphatic carbocycles. The smallest absolute Gasteiger partial charge is 0.220 e. The highest BCUT2D eigenvalue weighted by atomic mass is 16.3. The van der Waals surface area contributed by atoms with E-state index in [1.165, 1.54) is 0 Å². The van der Waals surface area contributed by atoms with E-state index in [1.54, 1.807) is 0 Å². The Balaban J connectivity index is 1.75. The number of carbonyl (C=O) groups is 1. The second-order valence-corrected chi connectivity index (χ2v) is 9.43. The molecule has 3 rings (SSSR count). The van der Waals surface area contributed by atoms with Crippen molar-refractivity contribution in [3.63, 3.8) is 0 Å². The number of amides is 1. The van der Waals surface area contributed by atoms with Gasteiger partial charge in [-0.15, -0.1) is 0 Å². The van der Waals surface area contributed by atoms with Crippen LogP contribution in [0.4, 0.5) is 0 Å². The van der Waals surface area contributed by atoms with Crippen molar-refractivity contribution in [1.29, 1.82) is 0 Å². The molecule has 4 N–H and O–H groups in total. The minimum Gasteiger partial charge on any atom is -0.396 e. The predicted octanol–water partition coefficient (Wildman–Crippen LogP) is 2.80. The molecule has 2 aliphatic rings. The number of benzene rings is 1. The summed E-state index contributed by atoms with van der Waals surface area (Å²) in [6.45, 7) is 5.98. The van der Waals surface area contributed by atoms with Crippen LogP contribution >= 0.6 is 0 Å². The number of aliphatic hydroxyl groups excluding tert-OH is 3. The number of rotatable bonds is 5. The molecule has 5 heteroatoms. The molecule has 0 heterocycles. The topological polar surface area (TPSA) is 89.8 Å². The van der Waals surface area contributed by atoms with Crippen molar-refractivity contribution in [2.45, 2.75) is 71.1 Å². The van der Waals surface area contributed by atoms with Gasteiger partial charge in [-0.1, -0.05) is 44.2 Å². The van der Waals surface area contributed by atoms with Crippen molar-refractivity contribution < 1.29 is 20.1 Å². The molecule has 28 heavy (non-hydrogen) atoms. The molecule has 5 nitrogen and oxygen atoms in total. The molecule has 1 aromatic carbocycles. The summed E-state index contributed by atoms with van der Waals surface area (Å²) in [5, 5.41) is 34.5. The van der Waals surface area contributed by atoms with Gasteiger partial charge < -0.3 is 20.6 Å². The van der Waals surface area contributed by atoms with Crippen molar-refractivity contribution in [2.75, 3.05) is 6.61 Å². The summed E-state index contributed by atoms with van der Waals surface area (Å²) in [4.78, 5) is 12.8. The molecule has 1 aromatic rings. The lowest BCUT2D eigenvalue weighted by Crippen LogP contribution is -2.60. The Morgan fingerprint density at radius 2 is 1.86 bits per heavy atom. The lowest BCUT2D eigenvalue weighted by molar-refractivity contribution is -0.186. The van der Waals surface area contributed by atoms with Crippen LogP contribution in [0.2, 0.25) is 0 Å². The van der Waals surface area contributed by atoms with Crippen LogP contribution < -0.4 is 5.32 Å². The van der Waals surface area contributed by atoms with Crippen LogP contribution in [0.1, 0.15) is 64.5 Å². The number of hydrogen-bond donors (Lipinski definition) is 4. The maximum atomic E-state index is 12.8. The second kappa shape index (κ2) is 8.13. The third-order valence-corrected chi connectivity index (χ3v) is 7.80. The lowest BCUT2D eigenvalue weighted by Gasteiger charge is -2.60. The van der Waals surface area contributed by atoms with Crippen LogP contribution in [0.25, 0.3) is 0 Å². The highest BCUT2D eigenvalue weighted by Crippen LogP contribution is 2.60. The zero-order valence-corrected chi connectivity index (χ0v) is 17.3. The molecular weight excluding hydrogens is 354 g/mol. The van der Waals surface area contributed by atoms with Crippen molar-refractivity contribution in [3.8, 4) is 0 Å². The fraction of sp³-hybridized carbons (Fsp3) is 0.696. The summed E-state index contributed by atoms with van der Waals surface area (Å²) >= 11 is 0. The summed E-state index contributed by atoms with van der Waals surface area (Å²) in [5.41, 5.74) is 0.193. The maximum absolute atomic E-state index is 12.8. The zero-order valence-electron chi connectivity index (χ0n) is 17.3.